The number of carbonyl (C=O) groups is 2. The molecule has 6 nitrogen and oxygen atoms in total. The molecule has 0 saturated heterocycles. The zero-order valence-electron chi connectivity index (χ0n) is 16.3. The molecule has 0 aliphatic rings. The number of carbonyl (C=O) groups excluding carboxylic acids is 1. The van der Waals surface area contributed by atoms with E-state index in [0.29, 0.717) is 29.1 Å². The van der Waals surface area contributed by atoms with Gasteiger partial charge in [-0.15, -0.1) is 11.3 Å². The van der Waals surface area contributed by atoms with Gasteiger partial charge in [-0.1, -0.05) is 37.7 Å². The van der Waals surface area contributed by atoms with E-state index < -0.39 is 11.8 Å². The minimum atomic E-state index is -1.13. The molecule has 6 N–H and O–H groups in total. The second kappa shape index (κ2) is 11.8. The minimum absolute atomic E-state index is 0.00303. The molecule has 0 radical (unpaired) electrons. The van der Waals surface area contributed by atoms with E-state index in [1.807, 2.05) is 6.92 Å². The fraction of sp³-hybridized carbons (Fsp3) is 0.143. The molecule has 1 atom stereocenters. The lowest BCUT2D eigenvalue weighted by Crippen LogP contribution is -2.22. The summed E-state index contributed by atoms with van der Waals surface area (Å²) in [5.74, 6) is -1.76. The number of carboxylic acid groups (broad SMARTS) is 1. The first-order chi connectivity index (χ1) is 14.2. The number of thiophene rings is 1. The minimum Gasteiger partial charge on any atom is -0.478 e. The second-order valence-electron chi connectivity index (χ2n) is 6.09. The molecular weight excluding hydrogens is 429 g/mol. The third-order valence-electron chi connectivity index (χ3n) is 3.85. The Kier molecular flexibility index (Phi) is 9.80. The summed E-state index contributed by atoms with van der Waals surface area (Å²) in [4.78, 5) is 21.3. The lowest BCUT2D eigenvalue weighted by Gasteiger charge is -2.10. The quantitative estimate of drug-likeness (QED) is 0.348. The smallest absolute Gasteiger partial charge is 0.339 e. The third-order valence-corrected chi connectivity index (χ3v) is 4.96. The first kappa shape index (κ1) is 24.9. The van der Waals surface area contributed by atoms with Crippen molar-refractivity contribution in [1.29, 1.82) is 0 Å². The Hall–Kier alpha value is -3.10. The van der Waals surface area contributed by atoms with E-state index in [-0.39, 0.29) is 21.5 Å². The molecule has 0 amide bonds. The fourth-order valence-corrected chi connectivity index (χ4v) is 3.12. The molecule has 0 bridgehead atoms. The van der Waals surface area contributed by atoms with E-state index in [2.05, 4.69) is 18.5 Å². The molecular formula is C21H23ClFN3O3S. The lowest BCUT2D eigenvalue weighted by molar-refractivity contribution is -0.110. The third kappa shape index (κ3) is 6.75. The Morgan fingerprint density at radius 3 is 2.57 bits per heavy atom. The van der Waals surface area contributed by atoms with Gasteiger partial charge in [0.05, 0.1) is 16.4 Å². The largest absolute Gasteiger partial charge is 0.478 e. The molecule has 0 spiro atoms. The molecule has 1 unspecified atom stereocenters. The zero-order chi connectivity index (χ0) is 22.8. The molecule has 0 aliphatic carbocycles. The number of nitrogens with two attached hydrogens (primary N) is 2. The summed E-state index contributed by atoms with van der Waals surface area (Å²) in [5.41, 5.74) is 13.2. The van der Waals surface area contributed by atoms with Crippen molar-refractivity contribution in [1.82, 2.24) is 5.32 Å². The van der Waals surface area contributed by atoms with Gasteiger partial charge in [-0.05, 0) is 29.8 Å². The average molecular weight is 452 g/mol. The van der Waals surface area contributed by atoms with E-state index in [1.165, 1.54) is 18.2 Å². The number of benzene rings is 1. The number of anilines is 1. The highest BCUT2D eigenvalue weighted by atomic mass is 35.5. The second-order valence-corrected chi connectivity index (χ2v) is 7.41. The van der Waals surface area contributed by atoms with Crippen molar-refractivity contribution < 1.29 is 19.1 Å². The Labute approximate surface area is 183 Å². The molecule has 2 rings (SSSR count). The summed E-state index contributed by atoms with van der Waals surface area (Å²) in [6.07, 6.45) is 4.03. The van der Waals surface area contributed by atoms with Crippen LogP contribution in [0.2, 0.25) is 5.02 Å². The van der Waals surface area contributed by atoms with E-state index in [9.17, 15) is 14.0 Å². The van der Waals surface area contributed by atoms with Crippen molar-refractivity contribution in [3.05, 3.63) is 76.7 Å². The Balaban J connectivity index is 0.000000314. The SMILES string of the molecule is C=C/C(N)=C(\C=C)NCC(C)C=O.Nc1scc(-c2ccc(Cl)c(F)c2)c1C(=O)O. The van der Waals surface area contributed by atoms with E-state index in [4.69, 9.17) is 28.2 Å². The summed E-state index contributed by atoms with van der Waals surface area (Å²) >= 11 is 6.67. The van der Waals surface area contributed by atoms with Crippen molar-refractivity contribution in [3.63, 3.8) is 0 Å². The zero-order valence-corrected chi connectivity index (χ0v) is 17.9. The van der Waals surface area contributed by atoms with Gasteiger partial charge < -0.3 is 26.7 Å². The van der Waals surface area contributed by atoms with Gasteiger partial charge in [-0.25, -0.2) is 9.18 Å². The van der Waals surface area contributed by atoms with Gasteiger partial charge in [0.2, 0.25) is 0 Å². The highest BCUT2D eigenvalue weighted by Crippen LogP contribution is 2.34. The summed E-state index contributed by atoms with van der Waals surface area (Å²) in [7, 11) is 0. The van der Waals surface area contributed by atoms with Crippen LogP contribution in [-0.2, 0) is 4.79 Å². The topological polar surface area (TPSA) is 118 Å². The van der Waals surface area contributed by atoms with Crippen LogP contribution in [0.1, 0.15) is 17.3 Å². The summed E-state index contributed by atoms with van der Waals surface area (Å²) in [6, 6.07) is 4.13. The summed E-state index contributed by atoms with van der Waals surface area (Å²) in [5, 5.41) is 13.8. The predicted molar refractivity (Wildman–Crippen MR) is 121 cm³/mol. The maximum absolute atomic E-state index is 13.3. The Morgan fingerprint density at radius 1 is 1.40 bits per heavy atom. The standard InChI is InChI=1S/C11H7ClFNO2S.C10H16N2O/c12-7-2-1-5(3-8(7)13)6-4-17-10(14)9(6)11(15)16;1-4-9(11)10(5-2)12-6-8(3)7-13/h1-4H,14H2,(H,15,16);4-5,7-8,12H,1-2,6,11H2,3H3/b;10-9-. The van der Waals surface area contributed by atoms with Crippen molar-refractivity contribution in [2.45, 2.75) is 6.92 Å². The van der Waals surface area contributed by atoms with Gasteiger partial charge in [0.15, 0.2) is 0 Å². The molecule has 0 saturated carbocycles. The van der Waals surface area contributed by atoms with Gasteiger partial charge in [0.25, 0.3) is 0 Å². The molecule has 1 heterocycles. The van der Waals surface area contributed by atoms with Crippen molar-refractivity contribution >= 4 is 40.2 Å². The van der Waals surface area contributed by atoms with Crippen LogP contribution in [0.4, 0.5) is 9.39 Å². The Morgan fingerprint density at radius 2 is 2.07 bits per heavy atom. The van der Waals surface area contributed by atoms with Crippen molar-refractivity contribution in [2.75, 3.05) is 12.3 Å². The predicted octanol–water partition coefficient (Wildman–Crippen LogP) is 4.44. The monoisotopic (exact) mass is 451 g/mol. The van der Waals surface area contributed by atoms with Crippen LogP contribution in [0, 0.1) is 11.7 Å². The highest BCUT2D eigenvalue weighted by molar-refractivity contribution is 7.14. The molecule has 0 fully saturated rings. The van der Waals surface area contributed by atoms with Crippen LogP contribution in [0.3, 0.4) is 0 Å². The average Bonchev–Trinajstić information content (AvgIpc) is 3.12. The number of halogens is 2. The number of aromatic carboxylic acids is 1. The van der Waals surface area contributed by atoms with Crippen LogP contribution in [-0.4, -0.2) is 23.9 Å². The number of carboxylic acids is 1. The van der Waals surface area contributed by atoms with E-state index in [1.54, 1.807) is 17.5 Å². The lowest BCUT2D eigenvalue weighted by atomic mass is 10.0. The maximum Gasteiger partial charge on any atom is 0.339 e. The first-order valence-electron chi connectivity index (χ1n) is 8.65. The fourth-order valence-electron chi connectivity index (χ4n) is 2.19. The Bertz CT molecular complexity index is 972. The molecule has 1 aromatic carbocycles. The number of nitrogen functional groups attached to an aromatic ring is 1. The number of hydrogen-bond acceptors (Lipinski definition) is 6. The van der Waals surface area contributed by atoms with Gasteiger partial charge in [-0.2, -0.15) is 0 Å². The molecule has 2 aromatic rings. The summed E-state index contributed by atoms with van der Waals surface area (Å²) in [6.45, 7) is 9.51. The number of allylic oxidation sites excluding steroid dienone is 2. The number of hydrogen-bond donors (Lipinski definition) is 4. The highest BCUT2D eigenvalue weighted by Gasteiger charge is 2.18. The molecule has 9 heteroatoms. The van der Waals surface area contributed by atoms with Crippen LogP contribution in [0.5, 0.6) is 0 Å². The summed E-state index contributed by atoms with van der Waals surface area (Å²) < 4.78 is 13.3. The molecule has 30 heavy (non-hydrogen) atoms. The van der Waals surface area contributed by atoms with Gasteiger partial charge in [0.1, 0.15) is 22.7 Å². The van der Waals surface area contributed by atoms with Crippen molar-refractivity contribution in [2.24, 2.45) is 11.7 Å². The number of aldehydes is 1. The molecule has 1 aromatic heterocycles. The normalized spacial score (nSPS) is 12.0. The van der Waals surface area contributed by atoms with E-state index >= 15 is 0 Å². The van der Waals surface area contributed by atoms with Crippen LogP contribution in [0.25, 0.3) is 11.1 Å². The van der Waals surface area contributed by atoms with Crippen LogP contribution < -0.4 is 16.8 Å². The van der Waals surface area contributed by atoms with Gasteiger partial charge >= 0.3 is 5.97 Å². The number of rotatable bonds is 8. The number of nitrogens with one attached hydrogen (secondary N) is 1. The van der Waals surface area contributed by atoms with E-state index in [0.717, 1.165) is 17.6 Å². The van der Waals surface area contributed by atoms with Crippen LogP contribution >= 0.6 is 22.9 Å². The molecule has 0 aliphatic heterocycles. The molecule has 160 valence electrons. The van der Waals surface area contributed by atoms with Gasteiger partial charge in [0, 0.05) is 23.4 Å². The first-order valence-corrected chi connectivity index (χ1v) is 9.91. The van der Waals surface area contributed by atoms with Crippen molar-refractivity contribution in [3.8, 4) is 11.1 Å². The van der Waals surface area contributed by atoms with Gasteiger partial charge in [-0.3, -0.25) is 0 Å². The maximum atomic E-state index is 13.3. The van der Waals surface area contributed by atoms with Crippen LogP contribution in [0.15, 0.2) is 60.3 Å².